The summed E-state index contributed by atoms with van der Waals surface area (Å²) in [5, 5.41) is 8.77. The molecule has 9 heteroatoms. The number of nitrogens with one attached hydrogen (secondary N) is 3. The molecule has 2 rings (SSSR count). The van der Waals surface area contributed by atoms with E-state index in [0.29, 0.717) is 34.3 Å². The summed E-state index contributed by atoms with van der Waals surface area (Å²) in [6, 6.07) is 5.97. The summed E-state index contributed by atoms with van der Waals surface area (Å²) in [6.07, 6.45) is 0.643. The van der Waals surface area contributed by atoms with Crippen molar-refractivity contribution < 1.29 is 9.59 Å². The molecule has 0 saturated carbocycles. The Balaban J connectivity index is 1.94. The van der Waals surface area contributed by atoms with E-state index >= 15 is 0 Å². The van der Waals surface area contributed by atoms with Gasteiger partial charge in [-0.05, 0) is 31.5 Å². The highest BCUT2D eigenvalue weighted by atomic mass is 35.5. The highest BCUT2D eigenvalue weighted by molar-refractivity contribution is 6.35. The van der Waals surface area contributed by atoms with Crippen LogP contribution >= 0.6 is 23.2 Å². The fraction of sp³-hybridized carbons (Fsp3) is 0.235. The Morgan fingerprint density at radius 3 is 2.65 bits per heavy atom. The van der Waals surface area contributed by atoms with E-state index in [1.165, 1.54) is 16.8 Å². The summed E-state index contributed by atoms with van der Waals surface area (Å²) < 4.78 is 1.21. The Morgan fingerprint density at radius 2 is 2.00 bits per heavy atom. The molecule has 26 heavy (non-hydrogen) atoms. The zero-order chi connectivity index (χ0) is 19.3. The Kier molecular flexibility index (Phi) is 6.65. The molecule has 7 nitrogen and oxygen atoms in total. The summed E-state index contributed by atoms with van der Waals surface area (Å²) in [7, 11) is 0. The number of rotatable bonds is 7. The zero-order valence-corrected chi connectivity index (χ0v) is 15.6. The molecule has 1 heterocycles. The normalized spacial score (nSPS) is 10.4. The molecule has 0 aliphatic carbocycles. The van der Waals surface area contributed by atoms with Crippen molar-refractivity contribution in [1.29, 1.82) is 0 Å². The Morgan fingerprint density at radius 1 is 1.27 bits per heavy atom. The van der Waals surface area contributed by atoms with Gasteiger partial charge in [-0.3, -0.25) is 19.5 Å². The van der Waals surface area contributed by atoms with Gasteiger partial charge in [0, 0.05) is 29.6 Å². The van der Waals surface area contributed by atoms with Crippen LogP contribution in [0.3, 0.4) is 0 Å². The van der Waals surface area contributed by atoms with Crippen LogP contribution in [-0.4, -0.2) is 28.1 Å². The SMILES string of the molecule is C=C(C)C(=O)NCCCC(=O)Nc1cc(=O)n(-c2ccc(Cl)cc2Cl)[nH]1. The Hall–Kier alpha value is -2.51. The van der Waals surface area contributed by atoms with Crippen LogP contribution in [0.4, 0.5) is 5.82 Å². The van der Waals surface area contributed by atoms with Crippen LogP contribution < -0.4 is 16.2 Å². The van der Waals surface area contributed by atoms with Crippen LogP contribution in [0, 0.1) is 0 Å². The van der Waals surface area contributed by atoms with Crippen LogP contribution in [0.25, 0.3) is 5.69 Å². The topological polar surface area (TPSA) is 96.0 Å². The van der Waals surface area contributed by atoms with Crippen molar-refractivity contribution in [3.63, 3.8) is 0 Å². The lowest BCUT2D eigenvalue weighted by molar-refractivity contribution is -0.118. The molecular weight excluding hydrogens is 379 g/mol. The second-order valence-electron chi connectivity index (χ2n) is 5.63. The first-order valence-electron chi connectivity index (χ1n) is 7.79. The molecule has 1 aromatic heterocycles. The molecule has 0 atom stereocenters. The molecule has 0 unspecified atom stereocenters. The van der Waals surface area contributed by atoms with Crippen LogP contribution in [0.1, 0.15) is 19.8 Å². The Bertz CT molecular complexity index is 902. The number of H-pyrrole nitrogens is 1. The number of aromatic nitrogens is 2. The average Bonchev–Trinajstić information content (AvgIpc) is 2.91. The molecule has 0 saturated heterocycles. The summed E-state index contributed by atoms with van der Waals surface area (Å²) >= 11 is 11.9. The van der Waals surface area contributed by atoms with E-state index in [1.54, 1.807) is 19.1 Å². The molecule has 0 radical (unpaired) electrons. The number of benzene rings is 1. The van der Waals surface area contributed by atoms with E-state index < -0.39 is 0 Å². The molecule has 3 N–H and O–H groups in total. The van der Waals surface area contributed by atoms with E-state index in [4.69, 9.17) is 23.2 Å². The maximum absolute atomic E-state index is 12.1. The number of carbonyl (C=O) groups excluding carboxylic acids is 2. The van der Waals surface area contributed by atoms with Gasteiger partial charge in [-0.1, -0.05) is 29.8 Å². The van der Waals surface area contributed by atoms with Crippen molar-refractivity contribution in [2.75, 3.05) is 11.9 Å². The molecule has 2 amide bonds. The van der Waals surface area contributed by atoms with Crippen LogP contribution in [0.5, 0.6) is 0 Å². The van der Waals surface area contributed by atoms with Crippen molar-refractivity contribution >= 4 is 40.8 Å². The second-order valence-corrected chi connectivity index (χ2v) is 6.47. The lowest BCUT2D eigenvalue weighted by atomic mass is 10.2. The van der Waals surface area contributed by atoms with E-state index in [-0.39, 0.29) is 29.6 Å². The van der Waals surface area contributed by atoms with Gasteiger partial charge in [0.1, 0.15) is 5.82 Å². The van der Waals surface area contributed by atoms with Gasteiger partial charge in [0.05, 0.1) is 10.7 Å². The van der Waals surface area contributed by atoms with Crippen molar-refractivity contribution in [2.24, 2.45) is 0 Å². The molecule has 0 aliphatic heterocycles. The van der Waals surface area contributed by atoms with Gasteiger partial charge in [0.25, 0.3) is 5.56 Å². The third kappa shape index (κ3) is 5.24. The standard InChI is InChI=1S/C17H18Cl2N4O3/c1-10(2)17(26)20-7-3-4-15(24)21-14-9-16(25)23(22-14)13-6-5-11(18)8-12(13)19/h5-6,8-9,22H,1,3-4,7H2,2H3,(H,20,26)(H,21,24). The van der Waals surface area contributed by atoms with Crippen molar-refractivity contribution in [2.45, 2.75) is 19.8 Å². The largest absolute Gasteiger partial charge is 0.352 e. The first-order valence-corrected chi connectivity index (χ1v) is 8.54. The van der Waals surface area contributed by atoms with Gasteiger partial charge in [0.2, 0.25) is 11.8 Å². The monoisotopic (exact) mass is 396 g/mol. The molecule has 1 aromatic carbocycles. The zero-order valence-electron chi connectivity index (χ0n) is 14.1. The quantitative estimate of drug-likeness (QED) is 0.495. The molecule has 0 spiro atoms. The summed E-state index contributed by atoms with van der Waals surface area (Å²) in [6.45, 7) is 5.49. The number of nitrogens with zero attached hydrogens (tertiary/aromatic N) is 1. The van der Waals surface area contributed by atoms with Gasteiger partial charge >= 0.3 is 0 Å². The van der Waals surface area contributed by atoms with Gasteiger partial charge in [-0.2, -0.15) is 0 Å². The molecular formula is C17H18Cl2N4O3. The number of amides is 2. The van der Waals surface area contributed by atoms with E-state index in [9.17, 15) is 14.4 Å². The van der Waals surface area contributed by atoms with Gasteiger partial charge < -0.3 is 10.6 Å². The first kappa shape index (κ1) is 19.8. The molecule has 0 fully saturated rings. The van der Waals surface area contributed by atoms with Crippen molar-refractivity contribution in [1.82, 2.24) is 15.1 Å². The minimum atomic E-state index is -0.377. The minimum Gasteiger partial charge on any atom is -0.352 e. The van der Waals surface area contributed by atoms with E-state index in [0.717, 1.165) is 0 Å². The molecule has 138 valence electrons. The highest BCUT2D eigenvalue weighted by Crippen LogP contribution is 2.23. The molecule has 2 aromatic rings. The van der Waals surface area contributed by atoms with Crippen LogP contribution in [0.2, 0.25) is 10.0 Å². The van der Waals surface area contributed by atoms with E-state index in [2.05, 4.69) is 22.3 Å². The number of halogens is 2. The average molecular weight is 397 g/mol. The van der Waals surface area contributed by atoms with Gasteiger partial charge in [0.15, 0.2) is 0 Å². The molecule has 0 bridgehead atoms. The van der Waals surface area contributed by atoms with Crippen molar-refractivity contribution in [3.05, 3.63) is 56.8 Å². The number of hydrogen-bond donors (Lipinski definition) is 3. The number of aromatic amines is 1. The van der Waals surface area contributed by atoms with Crippen molar-refractivity contribution in [3.8, 4) is 5.69 Å². The third-order valence-electron chi connectivity index (χ3n) is 3.40. The third-order valence-corrected chi connectivity index (χ3v) is 3.94. The maximum Gasteiger partial charge on any atom is 0.273 e. The number of carbonyl (C=O) groups is 2. The highest BCUT2D eigenvalue weighted by Gasteiger charge is 2.11. The maximum atomic E-state index is 12.1. The smallest absolute Gasteiger partial charge is 0.273 e. The van der Waals surface area contributed by atoms with Crippen LogP contribution in [0.15, 0.2) is 41.2 Å². The molecule has 0 aliphatic rings. The van der Waals surface area contributed by atoms with E-state index in [1.807, 2.05) is 0 Å². The van der Waals surface area contributed by atoms with Crippen LogP contribution in [-0.2, 0) is 9.59 Å². The summed E-state index contributed by atoms with van der Waals surface area (Å²) in [4.78, 5) is 35.4. The fourth-order valence-corrected chi connectivity index (χ4v) is 2.61. The number of hydrogen-bond acceptors (Lipinski definition) is 3. The van der Waals surface area contributed by atoms with Gasteiger partial charge in [-0.25, -0.2) is 4.68 Å². The number of anilines is 1. The second kappa shape index (κ2) is 8.73. The minimum absolute atomic E-state index is 0.186. The summed E-state index contributed by atoms with van der Waals surface area (Å²) in [5.74, 6) is -0.283. The first-order chi connectivity index (χ1) is 12.3. The van der Waals surface area contributed by atoms with Gasteiger partial charge in [-0.15, -0.1) is 0 Å². The fourth-order valence-electron chi connectivity index (χ4n) is 2.12. The predicted molar refractivity (Wildman–Crippen MR) is 102 cm³/mol. The predicted octanol–water partition coefficient (Wildman–Crippen LogP) is 2.88. The lowest BCUT2D eigenvalue weighted by Gasteiger charge is -2.06. The summed E-state index contributed by atoms with van der Waals surface area (Å²) in [5.41, 5.74) is 0.455. The Labute approximate surface area is 160 Å². The lowest BCUT2D eigenvalue weighted by Crippen LogP contribution is -2.25.